The van der Waals surface area contributed by atoms with Crippen molar-refractivity contribution < 1.29 is 17.9 Å². The molecule has 0 amide bonds. The summed E-state index contributed by atoms with van der Waals surface area (Å²) in [6.07, 6.45) is 0. The van der Waals surface area contributed by atoms with Gasteiger partial charge in [-0.1, -0.05) is 15.9 Å². The first-order valence-corrected chi connectivity index (χ1v) is 7.33. The summed E-state index contributed by atoms with van der Waals surface area (Å²) in [6, 6.07) is 0. The molecule has 0 aromatic heterocycles. The van der Waals surface area contributed by atoms with Crippen LogP contribution in [0.1, 0.15) is 0 Å². The highest BCUT2D eigenvalue weighted by atomic mass is 79.9. The SMILES string of the molecule is COCCN(CCBr)S(=O)(=O)CCOC. The second kappa shape index (κ2) is 8.46. The van der Waals surface area contributed by atoms with E-state index in [1.807, 2.05) is 0 Å². The lowest BCUT2D eigenvalue weighted by Crippen LogP contribution is -2.37. The summed E-state index contributed by atoms with van der Waals surface area (Å²) in [5, 5.41) is 0.614. The Kier molecular flexibility index (Phi) is 8.64. The standard InChI is InChI=1S/C8H18BrNO4S/c1-13-6-5-10(4-3-9)15(11,12)8-7-14-2/h3-8H2,1-2H3. The molecular formula is C8H18BrNO4S. The Hall–Kier alpha value is 0.310. The second-order valence-corrected chi connectivity index (χ2v) is 5.77. The number of nitrogens with zero attached hydrogens (tertiary/aromatic N) is 1. The van der Waals surface area contributed by atoms with Crippen LogP contribution in [-0.2, 0) is 19.5 Å². The summed E-state index contributed by atoms with van der Waals surface area (Å²) in [4.78, 5) is 0. The van der Waals surface area contributed by atoms with Gasteiger partial charge in [-0.05, 0) is 0 Å². The van der Waals surface area contributed by atoms with Gasteiger partial charge in [-0.25, -0.2) is 8.42 Å². The molecule has 0 aromatic carbocycles. The fourth-order valence-corrected chi connectivity index (χ4v) is 3.02. The van der Waals surface area contributed by atoms with Crippen LogP contribution >= 0.6 is 15.9 Å². The van der Waals surface area contributed by atoms with E-state index in [0.717, 1.165) is 0 Å². The molecule has 0 aliphatic carbocycles. The number of ether oxygens (including phenoxy) is 2. The first-order valence-electron chi connectivity index (χ1n) is 4.60. The largest absolute Gasteiger partial charge is 0.384 e. The molecule has 0 spiro atoms. The molecule has 0 atom stereocenters. The third kappa shape index (κ3) is 6.47. The van der Waals surface area contributed by atoms with E-state index in [1.165, 1.54) is 11.4 Å². The lowest BCUT2D eigenvalue weighted by atomic mass is 10.6. The monoisotopic (exact) mass is 303 g/mol. The van der Waals surface area contributed by atoms with Crippen LogP contribution in [0.4, 0.5) is 0 Å². The van der Waals surface area contributed by atoms with E-state index in [0.29, 0.717) is 25.0 Å². The highest BCUT2D eigenvalue weighted by molar-refractivity contribution is 9.09. The molecule has 0 saturated carbocycles. The van der Waals surface area contributed by atoms with E-state index in [9.17, 15) is 8.42 Å². The van der Waals surface area contributed by atoms with E-state index < -0.39 is 10.0 Å². The van der Waals surface area contributed by atoms with Gasteiger partial charge in [0.05, 0.1) is 19.0 Å². The average molecular weight is 304 g/mol. The minimum absolute atomic E-state index is 0.0141. The molecule has 0 radical (unpaired) electrons. The Labute approximate surface area is 99.9 Å². The van der Waals surface area contributed by atoms with Gasteiger partial charge in [-0.15, -0.1) is 0 Å². The topological polar surface area (TPSA) is 55.8 Å². The van der Waals surface area contributed by atoms with Gasteiger partial charge in [-0.2, -0.15) is 4.31 Å². The Morgan fingerprint density at radius 3 is 2.20 bits per heavy atom. The van der Waals surface area contributed by atoms with E-state index in [2.05, 4.69) is 15.9 Å². The molecule has 0 saturated heterocycles. The van der Waals surface area contributed by atoms with Crippen LogP contribution in [0.15, 0.2) is 0 Å². The Balaban J connectivity index is 4.30. The van der Waals surface area contributed by atoms with Gasteiger partial charge in [0.2, 0.25) is 10.0 Å². The van der Waals surface area contributed by atoms with Crippen LogP contribution in [-0.4, -0.2) is 64.3 Å². The van der Waals surface area contributed by atoms with Crippen LogP contribution in [0.25, 0.3) is 0 Å². The van der Waals surface area contributed by atoms with Gasteiger partial charge in [0.1, 0.15) is 0 Å². The highest BCUT2D eigenvalue weighted by Crippen LogP contribution is 2.02. The molecule has 0 rings (SSSR count). The minimum Gasteiger partial charge on any atom is -0.384 e. The van der Waals surface area contributed by atoms with Crippen LogP contribution < -0.4 is 0 Å². The average Bonchev–Trinajstić information content (AvgIpc) is 2.21. The van der Waals surface area contributed by atoms with Crippen molar-refractivity contribution in [2.45, 2.75) is 0 Å². The molecule has 0 heterocycles. The zero-order chi connectivity index (χ0) is 11.7. The molecule has 7 heteroatoms. The lowest BCUT2D eigenvalue weighted by Gasteiger charge is -2.20. The number of hydrogen-bond acceptors (Lipinski definition) is 4. The summed E-state index contributed by atoms with van der Waals surface area (Å²) in [5.41, 5.74) is 0. The molecule has 15 heavy (non-hydrogen) atoms. The quantitative estimate of drug-likeness (QED) is 0.575. The van der Waals surface area contributed by atoms with Gasteiger partial charge in [0, 0.05) is 32.6 Å². The summed E-state index contributed by atoms with van der Waals surface area (Å²) < 4.78 is 34.5. The smallest absolute Gasteiger partial charge is 0.216 e. The third-order valence-corrected chi connectivity index (χ3v) is 4.01. The van der Waals surface area contributed by atoms with E-state index in [1.54, 1.807) is 7.11 Å². The molecule has 0 aromatic rings. The van der Waals surface area contributed by atoms with Gasteiger partial charge in [0.25, 0.3) is 0 Å². The van der Waals surface area contributed by atoms with Crippen molar-refractivity contribution in [1.82, 2.24) is 4.31 Å². The number of hydrogen-bond donors (Lipinski definition) is 0. The van der Waals surface area contributed by atoms with Crippen molar-refractivity contribution in [3.63, 3.8) is 0 Å². The predicted octanol–water partition coefficient (Wildman–Crippen LogP) is 0.306. The molecule has 0 bridgehead atoms. The van der Waals surface area contributed by atoms with Crippen molar-refractivity contribution >= 4 is 26.0 Å². The van der Waals surface area contributed by atoms with Crippen LogP contribution in [0.2, 0.25) is 0 Å². The first kappa shape index (κ1) is 15.3. The maximum atomic E-state index is 11.8. The number of methoxy groups -OCH3 is 2. The van der Waals surface area contributed by atoms with E-state index >= 15 is 0 Å². The molecule has 0 fully saturated rings. The minimum atomic E-state index is -3.22. The van der Waals surface area contributed by atoms with Crippen LogP contribution in [0.3, 0.4) is 0 Å². The van der Waals surface area contributed by atoms with Gasteiger partial charge < -0.3 is 9.47 Å². The zero-order valence-corrected chi connectivity index (χ0v) is 11.5. The van der Waals surface area contributed by atoms with E-state index in [-0.39, 0.29) is 12.4 Å². The van der Waals surface area contributed by atoms with Crippen molar-refractivity contribution in [2.75, 3.05) is 51.6 Å². The summed E-state index contributed by atoms with van der Waals surface area (Å²) in [6.45, 7) is 1.46. The molecule has 5 nitrogen and oxygen atoms in total. The van der Waals surface area contributed by atoms with Crippen LogP contribution in [0.5, 0.6) is 0 Å². The van der Waals surface area contributed by atoms with Gasteiger partial charge in [0.15, 0.2) is 0 Å². The number of rotatable bonds is 9. The summed E-state index contributed by atoms with van der Waals surface area (Å²) in [5.74, 6) is 0.0141. The Bertz CT molecular complexity index is 245. The molecule has 92 valence electrons. The fourth-order valence-electron chi connectivity index (χ4n) is 0.995. The Morgan fingerprint density at radius 1 is 1.13 bits per heavy atom. The molecule has 0 unspecified atom stereocenters. The lowest BCUT2D eigenvalue weighted by molar-refractivity contribution is 0.179. The van der Waals surface area contributed by atoms with Crippen LogP contribution in [0, 0.1) is 0 Å². The molecule has 0 aliphatic rings. The Morgan fingerprint density at radius 2 is 1.73 bits per heavy atom. The highest BCUT2D eigenvalue weighted by Gasteiger charge is 2.20. The molecule has 0 aliphatic heterocycles. The van der Waals surface area contributed by atoms with Crippen molar-refractivity contribution in [3.05, 3.63) is 0 Å². The van der Waals surface area contributed by atoms with Gasteiger partial charge in [-0.3, -0.25) is 0 Å². The van der Waals surface area contributed by atoms with Crippen molar-refractivity contribution in [2.24, 2.45) is 0 Å². The fraction of sp³-hybridized carbons (Fsp3) is 1.00. The summed E-state index contributed by atoms with van der Waals surface area (Å²) in [7, 11) is -0.185. The number of alkyl halides is 1. The summed E-state index contributed by atoms with van der Waals surface area (Å²) >= 11 is 3.22. The van der Waals surface area contributed by atoms with E-state index in [4.69, 9.17) is 9.47 Å². The second-order valence-electron chi connectivity index (χ2n) is 2.89. The molecular weight excluding hydrogens is 286 g/mol. The first-order chi connectivity index (χ1) is 7.08. The third-order valence-electron chi connectivity index (χ3n) is 1.82. The zero-order valence-electron chi connectivity index (χ0n) is 9.11. The number of halogens is 1. The number of sulfonamides is 1. The van der Waals surface area contributed by atoms with Gasteiger partial charge >= 0.3 is 0 Å². The maximum Gasteiger partial charge on any atom is 0.216 e. The van der Waals surface area contributed by atoms with Crippen molar-refractivity contribution in [3.8, 4) is 0 Å². The normalized spacial score (nSPS) is 12.3. The maximum absolute atomic E-state index is 11.8. The predicted molar refractivity (Wildman–Crippen MR) is 62.9 cm³/mol. The molecule has 0 N–H and O–H groups in total. The van der Waals surface area contributed by atoms with Crippen molar-refractivity contribution in [1.29, 1.82) is 0 Å².